The second-order valence-corrected chi connectivity index (χ2v) is 9.18. The van der Waals surface area contributed by atoms with E-state index in [-0.39, 0.29) is 29.7 Å². The summed E-state index contributed by atoms with van der Waals surface area (Å²) in [6.45, 7) is -0.243. The standard InChI is InChI=1S/C22H19F4N5O2/c23-13-6-15(24)17-5-12(7-30(17)8-13)19(32)29-4-1-16-14(9-29)18(28-27-16)20(33)31-11-22(25,26)10-21(31)2-3-21/h5-8H,1-4,9-11H2,(H,27,28). The minimum Gasteiger partial charge on any atom is -0.334 e. The molecule has 3 aliphatic rings. The molecule has 0 unspecified atom stereocenters. The number of pyridine rings is 1. The van der Waals surface area contributed by atoms with Crippen molar-refractivity contribution < 1.29 is 27.2 Å². The maximum absolute atomic E-state index is 14.0. The monoisotopic (exact) mass is 461 g/mol. The summed E-state index contributed by atoms with van der Waals surface area (Å²) in [6.07, 6.45) is 3.58. The van der Waals surface area contributed by atoms with Crippen LogP contribution in [-0.4, -0.2) is 60.8 Å². The van der Waals surface area contributed by atoms with E-state index in [2.05, 4.69) is 10.2 Å². The van der Waals surface area contributed by atoms with Gasteiger partial charge in [0.1, 0.15) is 17.3 Å². The van der Waals surface area contributed by atoms with E-state index in [0.717, 1.165) is 12.3 Å². The molecule has 3 aromatic heterocycles. The van der Waals surface area contributed by atoms with Crippen LogP contribution >= 0.6 is 0 Å². The normalized spacial score (nSPS) is 20.5. The third-order valence-electron chi connectivity index (χ3n) is 6.91. The van der Waals surface area contributed by atoms with Crippen LogP contribution in [0.25, 0.3) is 5.52 Å². The van der Waals surface area contributed by atoms with Gasteiger partial charge in [0, 0.05) is 48.9 Å². The lowest BCUT2D eigenvalue weighted by atomic mass is 10.0. The number of aromatic amines is 1. The number of nitrogens with one attached hydrogen (secondary N) is 1. The zero-order valence-electron chi connectivity index (χ0n) is 17.4. The predicted octanol–water partition coefficient (Wildman–Crippen LogP) is 3.15. The summed E-state index contributed by atoms with van der Waals surface area (Å²) in [4.78, 5) is 29.0. The molecule has 1 spiro atoms. The average Bonchev–Trinajstić information content (AvgIpc) is 3.11. The Labute approximate surface area is 185 Å². The number of hydrogen-bond acceptors (Lipinski definition) is 3. The van der Waals surface area contributed by atoms with Crippen molar-refractivity contribution in [2.75, 3.05) is 13.1 Å². The Morgan fingerprint density at radius 3 is 2.64 bits per heavy atom. The molecule has 1 N–H and O–H groups in total. The number of likely N-dealkylation sites (tertiary alicyclic amines) is 1. The SMILES string of the molecule is O=C(c1cc2c(F)cc(F)cn2c1)N1CCc2n[nH]c(C(=O)N3CC(F)(F)CC34CC4)c2C1. The van der Waals surface area contributed by atoms with Crippen molar-refractivity contribution in [2.24, 2.45) is 0 Å². The van der Waals surface area contributed by atoms with Gasteiger partial charge in [-0.3, -0.25) is 14.7 Å². The summed E-state index contributed by atoms with van der Waals surface area (Å²) in [7, 11) is 0. The Balaban J connectivity index is 1.27. The van der Waals surface area contributed by atoms with Crippen molar-refractivity contribution in [3.05, 3.63) is 58.7 Å². The highest BCUT2D eigenvalue weighted by Gasteiger charge is 2.63. The second-order valence-electron chi connectivity index (χ2n) is 9.18. The lowest BCUT2D eigenvalue weighted by Gasteiger charge is -2.28. The van der Waals surface area contributed by atoms with Crippen LogP contribution < -0.4 is 0 Å². The number of nitrogens with zero attached hydrogens (tertiary/aromatic N) is 4. The van der Waals surface area contributed by atoms with Gasteiger partial charge in [0.05, 0.1) is 29.9 Å². The van der Waals surface area contributed by atoms with E-state index < -0.39 is 41.5 Å². The van der Waals surface area contributed by atoms with Gasteiger partial charge in [-0.05, 0) is 18.9 Å². The number of fused-ring (bicyclic) bond motifs is 2. The van der Waals surface area contributed by atoms with E-state index >= 15 is 0 Å². The van der Waals surface area contributed by atoms with Crippen molar-refractivity contribution in [1.82, 2.24) is 24.4 Å². The van der Waals surface area contributed by atoms with Crippen molar-refractivity contribution >= 4 is 17.3 Å². The van der Waals surface area contributed by atoms with E-state index in [1.165, 1.54) is 26.5 Å². The first kappa shape index (κ1) is 20.3. The Bertz CT molecular complexity index is 1330. The van der Waals surface area contributed by atoms with Gasteiger partial charge in [-0.25, -0.2) is 17.6 Å². The average molecular weight is 461 g/mol. The van der Waals surface area contributed by atoms with Crippen molar-refractivity contribution in [2.45, 2.75) is 43.7 Å². The van der Waals surface area contributed by atoms with Gasteiger partial charge in [0.25, 0.3) is 17.7 Å². The fraction of sp³-hybridized carbons (Fsp3) is 0.409. The summed E-state index contributed by atoms with van der Waals surface area (Å²) >= 11 is 0. The van der Waals surface area contributed by atoms with E-state index in [9.17, 15) is 27.2 Å². The molecule has 2 aliphatic heterocycles. The minimum absolute atomic E-state index is 0.0615. The number of alkyl halides is 2. The van der Waals surface area contributed by atoms with E-state index in [1.54, 1.807) is 0 Å². The molecular formula is C22H19F4N5O2. The molecule has 0 atom stereocenters. The smallest absolute Gasteiger partial charge is 0.272 e. The molecule has 7 nitrogen and oxygen atoms in total. The molecule has 2 fully saturated rings. The molecule has 0 radical (unpaired) electrons. The Morgan fingerprint density at radius 2 is 1.88 bits per heavy atom. The van der Waals surface area contributed by atoms with Crippen LogP contribution in [0.2, 0.25) is 0 Å². The Kier molecular flexibility index (Phi) is 4.04. The highest BCUT2D eigenvalue weighted by Crippen LogP contribution is 2.54. The quantitative estimate of drug-likeness (QED) is 0.596. The zero-order valence-corrected chi connectivity index (χ0v) is 17.4. The molecule has 0 aromatic carbocycles. The number of carbonyl (C=O) groups is 2. The number of carbonyl (C=O) groups excluding carboxylic acids is 2. The van der Waals surface area contributed by atoms with Crippen LogP contribution in [0, 0.1) is 11.6 Å². The summed E-state index contributed by atoms with van der Waals surface area (Å²) in [5.74, 6) is -5.40. The number of hydrogen-bond donors (Lipinski definition) is 1. The minimum atomic E-state index is -2.92. The predicted molar refractivity (Wildman–Crippen MR) is 107 cm³/mol. The third kappa shape index (κ3) is 3.12. The maximum Gasteiger partial charge on any atom is 0.272 e. The topological polar surface area (TPSA) is 73.7 Å². The van der Waals surface area contributed by atoms with E-state index in [1.807, 2.05) is 0 Å². The highest BCUT2D eigenvalue weighted by atomic mass is 19.3. The lowest BCUT2D eigenvalue weighted by Crippen LogP contribution is -2.40. The first-order valence-electron chi connectivity index (χ1n) is 10.7. The second kappa shape index (κ2) is 6.58. The molecular weight excluding hydrogens is 442 g/mol. The molecule has 5 heterocycles. The molecule has 33 heavy (non-hydrogen) atoms. The highest BCUT2D eigenvalue weighted by molar-refractivity contribution is 5.97. The Hall–Kier alpha value is -3.37. The van der Waals surface area contributed by atoms with Gasteiger partial charge in [-0.2, -0.15) is 5.10 Å². The Morgan fingerprint density at radius 1 is 1.09 bits per heavy atom. The van der Waals surface area contributed by atoms with Crippen molar-refractivity contribution in [3.63, 3.8) is 0 Å². The summed E-state index contributed by atoms with van der Waals surface area (Å²) in [6, 6.07) is 2.09. The number of H-pyrrole nitrogens is 1. The summed E-state index contributed by atoms with van der Waals surface area (Å²) in [5.41, 5.74) is 0.715. The van der Waals surface area contributed by atoms with Gasteiger partial charge in [0.15, 0.2) is 0 Å². The van der Waals surface area contributed by atoms with Crippen LogP contribution in [0.4, 0.5) is 17.6 Å². The molecule has 11 heteroatoms. The van der Waals surface area contributed by atoms with Gasteiger partial charge in [-0.1, -0.05) is 0 Å². The molecule has 1 saturated heterocycles. The van der Waals surface area contributed by atoms with E-state index in [4.69, 9.17) is 0 Å². The molecule has 1 aliphatic carbocycles. The number of amides is 2. The third-order valence-corrected chi connectivity index (χ3v) is 6.91. The molecule has 1 saturated carbocycles. The maximum atomic E-state index is 14.0. The van der Waals surface area contributed by atoms with Crippen molar-refractivity contribution in [1.29, 1.82) is 0 Å². The fourth-order valence-corrected chi connectivity index (χ4v) is 5.13. The molecule has 0 bridgehead atoms. The van der Waals surface area contributed by atoms with Crippen LogP contribution in [0.15, 0.2) is 24.5 Å². The summed E-state index contributed by atoms with van der Waals surface area (Å²) < 4.78 is 56.8. The van der Waals surface area contributed by atoms with E-state index in [0.29, 0.717) is 37.1 Å². The van der Waals surface area contributed by atoms with Gasteiger partial charge < -0.3 is 14.2 Å². The first-order chi connectivity index (χ1) is 15.7. The lowest BCUT2D eigenvalue weighted by molar-refractivity contribution is 0.0116. The summed E-state index contributed by atoms with van der Waals surface area (Å²) in [5, 5.41) is 6.88. The van der Waals surface area contributed by atoms with Gasteiger partial charge >= 0.3 is 0 Å². The van der Waals surface area contributed by atoms with Crippen LogP contribution in [0.1, 0.15) is 51.4 Å². The van der Waals surface area contributed by atoms with Crippen LogP contribution in [-0.2, 0) is 13.0 Å². The van der Waals surface area contributed by atoms with Gasteiger partial charge in [0.2, 0.25) is 0 Å². The first-order valence-corrected chi connectivity index (χ1v) is 10.7. The van der Waals surface area contributed by atoms with Crippen LogP contribution in [0.5, 0.6) is 0 Å². The molecule has 3 aromatic rings. The number of aromatic nitrogens is 3. The molecule has 172 valence electrons. The number of halogens is 4. The fourth-order valence-electron chi connectivity index (χ4n) is 5.13. The van der Waals surface area contributed by atoms with Crippen LogP contribution in [0.3, 0.4) is 0 Å². The van der Waals surface area contributed by atoms with Gasteiger partial charge in [-0.15, -0.1) is 0 Å². The van der Waals surface area contributed by atoms with Crippen molar-refractivity contribution in [3.8, 4) is 0 Å². The molecule has 6 rings (SSSR count). The zero-order chi connectivity index (χ0) is 23.1. The largest absolute Gasteiger partial charge is 0.334 e. The number of rotatable bonds is 2. The molecule has 2 amide bonds.